The van der Waals surface area contributed by atoms with Gasteiger partial charge < -0.3 is 14.6 Å². The molecule has 0 aromatic carbocycles. The molecule has 0 bridgehead atoms. The Balaban J connectivity index is 2.15. The molecule has 0 saturated carbocycles. The maximum absolute atomic E-state index is 5.58. The van der Waals surface area contributed by atoms with Crippen molar-refractivity contribution in [2.45, 2.75) is 51.7 Å². The van der Waals surface area contributed by atoms with E-state index in [-0.39, 0.29) is 12.0 Å². The minimum Gasteiger partial charge on any atom is -0.370 e. The van der Waals surface area contributed by atoms with Gasteiger partial charge in [0, 0.05) is 12.6 Å². The summed E-state index contributed by atoms with van der Waals surface area (Å²) in [7, 11) is 1.96. The molecule has 5 heteroatoms. The van der Waals surface area contributed by atoms with Gasteiger partial charge in [-0.3, -0.25) is 0 Å². The SMILES string of the molecule is CNC(C)C(c1nc(C2CCCO2)no1)C(C)C. The zero-order valence-electron chi connectivity index (χ0n) is 11.6. The molecule has 0 aliphatic carbocycles. The minimum atomic E-state index is 0.0280. The van der Waals surface area contributed by atoms with Gasteiger partial charge in [-0.1, -0.05) is 19.0 Å². The molecule has 1 fully saturated rings. The lowest BCUT2D eigenvalue weighted by molar-refractivity contribution is 0.103. The molecule has 5 nitrogen and oxygen atoms in total. The predicted octanol–water partition coefficient (Wildman–Crippen LogP) is 2.27. The summed E-state index contributed by atoms with van der Waals surface area (Å²) in [6.07, 6.45) is 2.10. The second-order valence-corrected chi connectivity index (χ2v) is 5.34. The molecular weight excluding hydrogens is 230 g/mol. The van der Waals surface area contributed by atoms with Crippen LogP contribution in [0.4, 0.5) is 0 Å². The quantitative estimate of drug-likeness (QED) is 0.872. The van der Waals surface area contributed by atoms with Crippen molar-refractivity contribution in [3.05, 3.63) is 11.7 Å². The third-order valence-corrected chi connectivity index (χ3v) is 3.67. The first kappa shape index (κ1) is 13.5. The first-order valence-electron chi connectivity index (χ1n) is 6.75. The number of aromatic nitrogens is 2. The fourth-order valence-corrected chi connectivity index (χ4v) is 2.55. The van der Waals surface area contributed by atoms with Crippen LogP contribution in [0.3, 0.4) is 0 Å². The molecule has 0 radical (unpaired) electrons. The van der Waals surface area contributed by atoms with Gasteiger partial charge in [0.05, 0.1) is 5.92 Å². The van der Waals surface area contributed by atoms with E-state index in [1.165, 1.54) is 0 Å². The van der Waals surface area contributed by atoms with E-state index < -0.39 is 0 Å². The Morgan fingerprint density at radius 2 is 2.11 bits per heavy atom. The summed E-state index contributed by atoms with van der Waals surface area (Å²) in [5, 5.41) is 7.34. The lowest BCUT2D eigenvalue weighted by Gasteiger charge is -2.23. The van der Waals surface area contributed by atoms with Crippen LogP contribution in [-0.2, 0) is 4.74 Å². The number of hydrogen-bond acceptors (Lipinski definition) is 5. The number of nitrogens with one attached hydrogen (secondary N) is 1. The highest BCUT2D eigenvalue weighted by Crippen LogP contribution is 2.30. The molecule has 2 heterocycles. The summed E-state index contributed by atoms with van der Waals surface area (Å²) in [4.78, 5) is 4.54. The van der Waals surface area contributed by atoms with Gasteiger partial charge in [0.25, 0.3) is 0 Å². The van der Waals surface area contributed by atoms with Crippen LogP contribution in [-0.4, -0.2) is 29.8 Å². The zero-order valence-corrected chi connectivity index (χ0v) is 11.6. The summed E-state index contributed by atoms with van der Waals surface area (Å²) in [5.41, 5.74) is 0. The van der Waals surface area contributed by atoms with Gasteiger partial charge in [-0.15, -0.1) is 0 Å². The molecule has 1 aromatic rings. The monoisotopic (exact) mass is 253 g/mol. The van der Waals surface area contributed by atoms with Crippen LogP contribution in [0.5, 0.6) is 0 Å². The molecule has 3 unspecified atom stereocenters. The van der Waals surface area contributed by atoms with E-state index in [0.29, 0.717) is 17.8 Å². The van der Waals surface area contributed by atoms with Gasteiger partial charge in [0.2, 0.25) is 11.7 Å². The Morgan fingerprint density at radius 1 is 1.33 bits per heavy atom. The molecule has 2 rings (SSSR count). The average Bonchev–Trinajstić information content (AvgIpc) is 2.98. The van der Waals surface area contributed by atoms with E-state index in [0.717, 1.165) is 25.3 Å². The second kappa shape index (κ2) is 5.80. The molecule has 1 N–H and O–H groups in total. The Morgan fingerprint density at radius 3 is 2.67 bits per heavy atom. The van der Waals surface area contributed by atoms with Gasteiger partial charge in [0.15, 0.2) is 0 Å². The average molecular weight is 253 g/mol. The van der Waals surface area contributed by atoms with Gasteiger partial charge in [-0.25, -0.2) is 0 Å². The number of nitrogens with zero attached hydrogens (tertiary/aromatic N) is 2. The van der Waals surface area contributed by atoms with Crippen LogP contribution < -0.4 is 5.32 Å². The summed E-state index contributed by atoms with van der Waals surface area (Å²) >= 11 is 0. The van der Waals surface area contributed by atoms with E-state index in [1.54, 1.807) is 0 Å². The van der Waals surface area contributed by atoms with Gasteiger partial charge in [0.1, 0.15) is 6.10 Å². The number of rotatable bonds is 5. The standard InChI is InChI=1S/C13H23N3O2/c1-8(2)11(9(3)14-4)13-15-12(16-18-13)10-6-5-7-17-10/h8-11,14H,5-7H2,1-4H3. The molecule has 0 amide bonds. The maximum atomic E-state index is 5.58. The predicted molar refractivity (Wildman–Crippen MR) is 68.3 cm³/mol. The van der Waals surface area contributed by atoms with Gasteiger partial charge >= 0.3 is 0 Å². The molecule has 1 saturated heterocycles. The van der Waals surface area contributed by atoms with Crippen molar-refractivity contribution < 1.29 is 9.26 Å². The van der Waals surface area contributed by atoms with Gasteiger partial charge in [-0.05, 0) is 32.7 Å². The third-order valence-electron chi connectivity index (χ3n) is 3.67. The fourth-order valence-electron chi connectivity index (χ4n) is 2.55. The Kier molecular flexibility index (Phi) is 4.35. The largest absolute Gasteiger partial charge is 0.370 e. The molecule has 1 aromatic heterocycles. The molecular formula is C13H23N3O2. The smallest absolute Gasteiger partial charge is 0.231 e. The second-order valence-electron chi connectivity index (χ2n) is 5.34. The third kappa shape index (κ3) is 2.72. The number of ether oxygens (including phenoxy) is 1. The fraction of sp³-hybridized carbons (Fsp3) is 0.846. The molecule has 1 aliphatic heterocycles. The number of hydrogen-bond donors (Lipinski definition) is 1. The highest BCUT2D eigenvalue weighted by molar-refractivity contribution is 5.02. The number of likely N-dealkylation sites (N-methyl/N-ethyl adjacent to an activating group) is 1. The topological polar surface area (TPSA) is 60.2 Å². The summed E-state index contributed by atoms with van der Waals surface area (Å²) in [6, 6.07) is 0.308. The van der Waals surface area contributed by atoms with E-state index in [2.05, 4.69) is 36.2 Å². The molecule has 1 aliphatic rings. The van der Waals surface area contributed by atoms with Crippen molar-refractivity contribution in [1.82, 2.24) is 15.5 Å². The summed E-state index contributed by atoms with van der Waals surface area (Å²) in [5.74, 6) is 2.11. The van der Waals surface area contributed by atoms with Crippen molar-refractivity contribution in [3.8, 4) is 0 Å². The van der Waals surface area contributed by atoms with Crippen molar-refractivity contribution in [3.63, 3.8) is 0 Å². The van der Waals surface area contributed by atoms with Crippen molar-refractivity contribution in [2.24, 2.45) is 5.92 Å². The van der Waals surface area contributed by atoms with Crippen LogP contribution in [0, 0.1) is 5.92 Å². The molecule has 102 valence electrons. The van der Waals surface area contributed by atoms with Crippen molar-refractivity contribution in [1.29, 1.82) is 0 Å². The van der Waals surface area contributed by atoms with Crippen LogP contribution in [0.1, 0.15) is 57.3 Å². The zero-order chi connectivity index (χ0) is 13.1. The molecule has 3 atom stereocenters. The van der Waals surface area contributed by atoms with E-state index >= 15 is 0 Å². The van der Waals surface area contributed by atoms with E-state index in [1.807, 2.05) is 7.05 Å². The van der Waals surface area contributed by atoms with E-state index in [4.69, 9.17) is 9.26 Å². The Labute approximate surface area is 108 Å². The van der Waals surface area contributed by atoms with Gasteiger partial charge in [-0.2, -0.15) is 4.98 Å². The lowest BCUT2D eigenvalue weighted by Crippen LogP contribution is -2.32. The maximum Gasteiger partial charge on any atom is 0.231 e. The molecule has 0 spiro atoms. The molecule has 18 heavy (non-hydrogen) atoms. The van der Waals surface area contributed by atoms with Crippen molar-refractivity contribution >= 4 is 0 Å². The highest BCUT2D eigenvalue weighted by Gasteiger charge is 2.30. The Bertz CT molecular complexity index is 372. The highest BCUT2D eigenvalue weighted by atomic mass is 16.5. The van der Waals surface area contributed by atoms with Crippen molar-refractivity contribution in [2.75, 3.05) is 13.7 Å². The minimum absolute atomic E-state index is 0.0280. The van der Waals surface area contributed by atoms with E-state index in [9.17, 15) is 0 Å². The van der Waals surface area contributed by atoms with Crippen LogP contribution in [0.2, 0.25) is 0 Å². The lowest BCUT2D eigenvalue weighted by atomic mass is 9.89. The first-order valence-corrected chi connectivity index (χ1v) is 6.75. The first-order chi connectivity index (χ1) is 8.63. The van der Waals surface area contributed by atoms with Crippen LogP contribution in [0.15, 0.2) is 4.52 Å². The summed E-state index contributed by atoms with van der Waals surface area (Å²) < 4.78 is 11.0. The Hall–Kier alpha value is -0.940. The normalized spacial score (nSPS) is 23.5. The van der Waals surface area contributed by atoms with Crippen LogP contribution >= 0.6 is 0 Å². The van der Waals surface area contributed by atoms with Crippen LogP contribution in [0.25, 0.3) is 0 Å². The summed E-state index contributed by atoms with van der Waals surface area (Å²) in [6.45, 7) is 7.29.